The van der Waals surface area contributed by atoms with Gasteiger partial charge in [0.25, 0.3) is 0 Å². The Morgan fingerprint density at radius 3 is 2.53 bits per heavy atom. The molecule has 0 aromatic heterocycles. The van der Waals surface area contributed by atoms with E-state index in [9.17, 15) is 0 Å². The highest BCUT2D eigenvalue weighted by atomic mass is 16.5. The smallest absolute Gasteiger partial charge is 0.0546 e. The highest BCUT2D eigenvalue weighted by molar-refractivity contribution is 4.93. The zero-order valence-electron chi connectivity index (χ0n) is 13.3. The molecule has 3 heteroatoms. The monoisotopic (exact) mass is 268 g/mol. The summed E-state index contributed by atoms with van der Waals surface area (Å²) >= 11 is 0. The highest BCUT2D eigenvalue weighted by Gasteiger charge is 2.39. The van der Waals surface area contributed by atoms with Gasteiger partial charge in [-0.2, -0.15) is 0 Å². The van der Waals surface area contributed by atoms with Crippen LogP contribution in [0.15, 0.2) is 0 Å². The summed E-state index contributed by atoms with van der Waals surface area (Å²) in [6, 6.07) is 0.860. The van der Waals surface area contributed by atoms with Gasteiger partial charge >= 0.3 is 0 Å². The first-order valence-corrected chi connectivity index (χ1v) is 8.01. The molecule has 19 heavy (non-hydrogen) atoms. The molecule has 1 unspecified atom stereocenters. The zero-order chi connectivity index (χ0) is 13.9. The SMILES string of the molecule is CCN(CC1(CNC(C)(C)C)CCCOC1)C1CC1. The summed E-state index contributed by atoms with van der Waals surface area (Å²) in [5.41, 5.74) is 0.519. The van der Waals surface area contributed by atoms with E-state index in [1.807, 2.05) is 0 Å². The second-order valence-electron chi connectivity index (χ2n) is 7.55. The van der Waals surface area contributed by atoms with E-state index < -0.39 is 0 Å². The lowest BCUT2D eigenvalue weighted by molar-refractivity contribution is -0.0294. The molecule has 1 atom stereocenters. The number of nitrogens with one attached hydrogen (secondary N) is 1. The Labute approximate surface area is 119 Å². The summed E-state index contributed by atoms with van der Waals surface area (Å²) in [6.45, 7) is 14.4. The maximum absolute atomic E-state index is 5.83. The topological polar surface area (TPSA) is 24.5 Å². The normalized spacial score (nSPS) is 28.9. The molecule has 0 amide bonds. The maximum atomic E-state index is 5.83. The van der Waals surface area contributed by atoms with Crippen molar-refractivity contribution in [1.29, 1.82) is 0 Å². The van der Waals surface area contributed by atoms with Gasteiger partial charge in [0.1, 0.15) is 0 Å². The predicted molar refractivity (Wildman–Crippen MR) is 80.5 cm³/mol. The molecule has 1 saturated carbocycles. The van der Waals surface area contributed by atoms with E-state index in [1.165, 1.54) is 38.8 Å². The summed E-state index contributed by atoms with van der Waals surface area (Å²) in [7, 11) is 0. The number of ether oxygens (including phenoxy) is 1. The molecular weight excluding hydrogens is 236 g/mol. The van der Waals surface area contributed by atoms with E-state index in [-0.39, 0.29) is 5.54 Å². The van der Waals surface area contributed by atoms with E-state index in [1.54, 1.807) is 0 Å². The summed E-state index contributed by atoms with van der Waals surface area (Å²) in [4.78, 5) is 2.68. The molecule has 1 aliphatic heterocycles. The van der Waals surface area contributed by atoms with Crippen LogP contribution in [0.3, 0.4) is 0 Å². The molecular formula is C16H32N2O. The lowest BCUT2D eigenvalue weighted by Gasteiger charge is -2.42. The van der Waals surface area contributed by atoms with Gasteiger partial charge in [0.2, 0.25) is 0 Å². The van der Waals surface area contributed by atoms with Crippen molar-refractivity contribution in [1.82, 2.24) is 10.2 Å². The van der Waals surface area contributed by atoms with Crippen molar-refractivity contribution < 1.29 is 4.74 Å². The summed E-state index contributed by atoms with van der Waals surface area (Å²) in [5, 5.41) is 3.71. The molecule has 0 aromatic carbocycles. The van der Waals surface area contributed by atoms with Gasteiger partial charge < -0.3 is 10.1 Å². The van der Waals surface area contributed by atoms with Gasteiger partial charge in [-0.1, -0.05) is 6.92 Å². The number of rotatable bonds is 6. The van der Waals surface area contributed by atoms with Crippen molar-refractivity contribution in [2.24, 2.45) is 5.41 Å². The summed E-state index contributed by atoms with van der Waals surface area (Å²) in [6.07, 6.45) is 5.32. The van der Waals surface area contributed by atoms with E-state index in [4.69, 9.17) is 4.74 Å². The first-order chi connectivity index (χ1) is 8.94. The van der Waals surface area contributed by atoms with E-state index in [2.05, 4.69) is 37.9 Å². The van der Waals surface area contributed by atoms with Gasteiger partial charge in [0.15, 0.2) is 0 Å². The van der Waals surface area contributed by atoms with Crippen LogP contribution in [0.2, 0.25) is 0 Å². The standard InChI is InChI=1S/C16H32N2O/c1-5-18(14-7-8-14)12-16(9-6-10-19-13-16)11-17-15(2,3)4/h14,17H,5-13H2,1-4H3. The Morgan fingerprint density at radius 1 is 1.32 bits per heavy atom. The minimum absolute atomic E-state index is 0.196. The summed E-state index contributed by atoms with van der Waals surface area (Å²) in [5.74, 6) is 0. The molecule has 0 spiro atoms. The van der Waals surface area contributed by atoms with Gasteiger partial charge in [0, 0.05) is 36.7 Å². The second-order valence-corrected chi connectivity index (χ2v) is 7.55. The van der Waals surface area contributed by atoms with Crippen LogP contribution in [0, 0.1) is 5.41 Å². The zero-order valence-corrected chi connectivity index (χ0v) is 13.3. The van der Waals surface area contributed by atoms with Crippen LogP contribution in [0.25, 0.3) is 0 Å². The molecule has 2 rings (SSSR count). The quantitative estimate of drug-likeness (QED) is 0.801. The van der Waals surface area contributed by atoms with E-state index in [0.717, 1.165) is 25.8 Å². The van der Waals surface area contributed by atoms with Crippen LogP contribution in [0.4, 0.5) is 0 Å². The molecule has 0 bridgehead atoms. The largest absolute Gasteiger partial charge is 0.381 e. The molecule has 0 aromatic rings. The van der Waals surface area contributed by atoms with Gasteiger partial charge in [0.05, 0.1) is 6.61 Å². The number of hydrogen-bond donors (Lipinski definition) is 1. The van der Waals surface area contributed by atoms with E-state index in [0.29, 0.717) is 5.41 Å². The van der Waals surface area contributed by atoms with Crippen molar-refractivity contribution >= 4 is 0 Å². The van der Waals surface area contributed by atoms with Crippen molar-refractivity contribution in [3.05, 3.63) is 0 Å². The Morgan fingerprint density at radius 2 is 2.05 bits per heavy atom. The minimum atomic E-state index is 0.196. The maximum Gasteiger partial charge on any atom is 0.0546 e. The third-order valence-electron chi connectivity index (χ3n) is 4.41. The fourth-order valence-corrected chi connectivity index (χ4v) is 3.05. The first-order valence-electron chi connectivity index (χ1n) is 8.01. The molecule has 1 N–H and O–H groups in total. The van der Waals surface area contributed by atoms with Crippen molar-refractivity contribution in [3.63, 3.8) is 0 Å². The average Bonchev–Trinajstić information content (AvgIpc) is 3.19. The van der Waals surface area contributed by atoms with Crippen molar-refractivity contribution in [2.45, 2.75) is 65.0 Å². The molecule has 2 aliphatic rings. The minimum Gasteiger partial charge on any atom is -0.381 e. The first kappa shape index (κ1) is 15.3. The van der Waals surface area contributed by atoms with Crippen LogP contribution in [-0.2, 0) is 4.74 Å². The van der Waals surface area contributed by atoms with Gasteiger partial charge in [-0.25, -0.2) is 0 Å². The van der Waals surface area contributed by atoms with E-state index >= 15 is 0 Å². The predicted octanol–water partition coefficient (Wildman–Crippen LogP) is 2.66. The Balaban J connectivity index is 1.96. The Kier molecular flexibility index (Phi) is 4.91. The lowest BCUT2D eigenvalue weighted by atomic mass is 9.81. The Hall–Kier alpha value is -0.120. The van der Waals surface area contributed by atoms with Crippen LogP contribution < -0.4 is 5.32 Å². The van der Waals surface area contributed by atoms with Gasteiger partial charge in [-0.15, -0.1) is 0 Å². The number of nitrogens with zero attached hydrogens (tertiary/aromatic N) is 1. The van der Waals surface area contributed by atoms with Crippen molar-refractivity contribution in [3.8, 4) is 0 Å². The van der Waals surface area contributed by atoms with Crippen LogP contribution in [0.5, 0.6) is 0 Å². The average molecular weight is 268 g/mol. The fourth-order valence-electron chi connectivity index (χ4n) is 3.05. The molecule has 3 nitrogen and oxygen atoms in total. The van der Waals surface area contributed by atoms with Crippen molar-refractivity contribution in [2.75, 3.05) is 32.8 Å². The third kappa shape index (κ3) is 4.73. The molecule has 112 valence electrons. The molecule has 0 radical (unpaired) electrons. The molecule has 2 fully saturated rings. The second kappa shape index (κ2) is 6.11. The molecule has 1 saturated heterocycles. The molecule has 1 heterocycles. The molecule has 1 aliphatic carbocycles. The fraction of sp³-hybridized carbons (Fsp3) is 1.00. The third-order valence-corrected chi connectivity index (χ3v) is 4.41. The van der Waals surface area contributed by atoms with Crippen LogP contribution in [0.1, 0.15) is 53.4 Å². The van der Waals surface area contributed by atoms with Crippen LogP contribution >= 0.6 is 0 Å². The van der Waals surface area contributed by atoms with Gasteiger partial charge in [-0.05, 0) is 53.0 Å². The Bertz CT molecular complexity index is 275. The lowest BCUT2D eigenvalue weighted by Crippen LogP contribution is -2.52. The summed E-state index contributed by atoms with van der Waals surface area (Å²) < 4.78 is 5.83. The van der Waals surface area contributed by atoms with Gasteiger partial charge in [-0.3, -0.25) is 4.90 Å². The number of hydrogen-bond acceptors (Lipinski definition) is 3. The van der Waals surface area contributed by atoms with Crippen LogP contribution in [-0.4, -0.2) is 49.3 Å². The highest BCUT2D eigenvalue weighted by Crippen LogP contribution is 2.34.